The summed E-state index contributed by atoms with van der Waals surface area (Å²) in [5.74, 6) is 2.73. The van der Waals surface area contributed by atoms with Crippen molar-refractivity contribution in [3.63, 3.8) is 0 Å². The Bertz CT molecular complexity index is 1320. The van der Waals surface area contributed by atoms with Crippen LogP contribution in [0.4, 0.5) is 0 Å². The summed E-state index contributed by atoms with van der Waals surface area (Å²) in [5, 5.41) is 0. The highest BCUT2D eigenvalue weighted by molar-refractivity contribution is 14.1. The van der Waals surface area contributed by atoms with Crippen LogP contribution in [0.1, 0.15) is 17.2 Å². The predicted molar refractivity (Wildman–Crippen MR) is 130 cm³/mol. The summed E-state index contributed by atoms with van der Waals surface area (Å²) in [4.78, 5) is 0.0595. The number of fused-ring (bicyclic) bond motifs is 2. The van der Waals surface area contributed by atoms with Crippen molar-refractivity contribution in [3.05, 3.63) is 69.3 Å². The van der Waals surface area contributed by atoms with Crippen LogP contribution in [-0.2, 0) is 14.3 Å². The highest BCUT2D eigenvalue weighted by atomic mass is 127. The van der Waals surface area contributed by atoms with E-state index in [4.69, 9.17) is 27.9 Å². The lowest BCUT2D eigenvalue weighted by Crippen LogP contribution is -2.38. The standard InChI is InChI=1S/C24H21IO8S/c1-14-3-6-16(7-4-14)34(26,27)33-23-12-29-19-11-22-21(30-13-31-22)10-17(19)24(23)32-20-9-15(28-2)5-8-18(20)25/h3-11,23-24H,12-13H2,1-2H3/t23-,24+/m0/s1. The van der Waals surface area contributed by atoms with Crippen LogP contribution in [-0.4, -0.2) is 35.0 Å². The minimum absolute atomic E-state index is 0.0387. The molecule has 3 aromatic carbocycles. The molecule has 10 heteroatoms. The third-order valence-electron chi connectivity index (χ3n) is 5.50. The molecule has 0 aromatic heterocycles. The Balaban J connectivity index is 1.53. The van der Waals surface area contributed by atoms with Gasteiger partial charge >= 0.3 is 0 Å². The Morgan fingerprint density at radius 2 is 1.68 bits per heavy atom. The maximum Gasteiger partial charge on any atom is 0.297 e. The van der Waals surface area contributed by atoms with Crippen molar-refractivity contribution in [2.45, 2.75) is 24.0 Å². The monoisotopic (exact) mass is 596 g/mol. The molecular formula is C24H21IO8S. The van der Waals surface area contributed by atoms with E-state index in [0.717, 1.165) is 9.13 Å². The topological polar surface area (TPSA) is 89.5 Å². The van der Waals surface area contributed by atoms with Crippen LogP contribution in [0.2, 0.25) is 0 Å². The minimum Gasteiger partial charge on any atom is -0.497 e. The lowest BCUT2D eigenvalue weighted by atomic mass is 10.00. The highest BCUT2D eigenvalue weighted by Crippen LogP contribution is 2.46. The van der Waals surface area contributed by atoms with Gasteiger partial charge in [0.15, 0.2) is 23.7 Å². The fourth-order valence-electron chi connectivity index (χ4n) is 3.72. The van der Waals surface area contributed by atoms with Crippen LogP contribution in [0.5, 0.6) is 28.7 Å². The van der Waals surface area contributed by atoms with Crippen molar-refractivity contribution < 1.29 is 36.3 Å². The highest BCUT2D eigenvalue weighted by Gasteiger charge is 2.39. The SMILES string of the molecule is COc1ccc(I)c(O[C@@H]2c3cc4c(cc3OC[C@@H]2OS(=O)(=O)c2ccc(C)cc2)OCO4)c1. The van der Waals surface area contributed by atoms with Gasteiger partial charge < -0.3 is 23.7 Å². The third-order valence-corrected chi connectivity index (χ3v) is 7.75. The molecule has 2 aliphatic rings. The summed E-state index contributed by atoms with van der Waals surface area (Å²) in [5.41, 5.74) is 1.54. The second-order valence-electron chi connectivity index (χ2n) is 7.79. The molecule has 2 heterocycles. The maximum absolute atomic E-state index is 13.1. The first kappa shape index (κ1) is 23.1. The lowest BCUT2D eigenvalue weighted by Gasteiger charge is -2.33. The van der Waals surface area contributed by atoms with Gasteiger partial charge in [-0.25, -0.2) is 0 Å². The first-order chi connectivity index (χ1) is 16.3. The quantitative estimate of drug-likeness (QED) is 0.301. The van der Waals surface area contributed by atoms with Crippen LogP contribution < -0.4 is 23.7 Å². The van der Waals surface area contributed by atoms with Crippen molar-refractivity contribution in [1.82, 2.24) is 0 Å². The van der Waals surface area contributed by atoms with E-state index >= 15 is 0 Å². The molecule has 0 saturated heterocycles. The fourth-order valence-corrected chi connectivity index (χ4v) is 5.25. The van der Waals surface area contributed by atoms with Crippen LogP contribution in [0.15, 0.2) is 59.5 Å². The van der Waals surface area contributed by atoms with Crippen molar-refractivity contribution in [3.8, 4) is 28.7 Å². The molecule has 34 heavy (non-hydrogen) atoms. The lowest BCUT2D eigenvalue weighted by molar-refractivity contribution is 0.00692. The minimum atomic E-state index is -4.08. The van der Waals surface area contributed by atoms with Gasteiger partial charge in [0.25, 0.3) is 10.1 Å². The van der Waals surface area contributed by atoms with Gasteiger partial charge in [-0.1, -0.05) is 17.7 Å². The summed E-state index contributed by atoms with van der Waals surface area (Å²) in [6.45, 7) is 1.94. The van der Waals surface area contributed by atoms with Gasteiger partial charge in [-0.05, 0) is 59.8 Å². The van der Waals surface area contributed by atoms with Crippen LogP contribution in [0.3, 0.4) is 0 Å². The number of hydrogen-bond acceptors (Lipinski definition) is 8. The first-order valence-corrected chi connectivity index (χ1v) is 12.9. The van der Waals surface area contributed by atoms with Crippen molar-refractivity contribution >= 4 is 32.7 Å². The average Bonchev–Trinajstić information content (AvgIpc) is 3.28. The van der Waals surface area contributed by atoms with Gasteiger partial charge in [0.05, 0.1) is 15.6 Å². The second kappa shape index (κ2) is 9.16. The molecule has 178 valence electrons. The number of methoxy groups -OCH3 is 1. The van der Waals surface area contributed by atoms with Crippen molar-refractivity contribution in [1.29, 1.82) is 0 Å². The van der Waals surface area contributed by atoms with Gasteiger partial charge in [0.1, 0.15) is 23.9 Å². The van der Waals surface area contributed by atoms with E-state index in [1.165, 1.54) is 12.1 Å². The van der Waals surface area contributed by atoms with Crippen LogP contribution in [0.25, 0.3) is 0 Å². The zero-order chi connectivity index (χ0) is 23.9. The fraction of sp³-hybridized carbons (Fsp3) is 0.250. The zero-order valence-corrected chi connectivity index (χ0v) is 21.3. The van der Waals surface area contributed by atoms with E-state index in [9.17, 15) is 8.42 Å². The summed E-state index contributed by atoms with van der Waals surface area (Å²) in [6, 6.07) is 15.3. The number of benzene rings is 3. The number of ether oxygens (including phenoxy) is 5. The molecule has 0 saturated carbocycles. The number of rotatable bonds is 6. The molecule has 5 rings (SSSR count). The molecule has 0 radical (unpaired) electrons. The number of aryl methyl sites for hydroxylation is 1. The smallest absolute Gasteiger partial charge is 0.297 e. The molecule has 0 aliphatic carbocycles. The molecule has 0 fully saturated rings. The van der Waals surface area contributed by atoms with Crippen LogP contribution in [0, 0.1) is 10.5 Å². The number of halogens is 1. The van der Waals surface area contributed by atoms with Crippen molar-refractivity contribution in [2.24, 2.45) is 0 Å². The van der Waals surface area contributed by atoms with E-state index < -0.39 is 22.3 Å². The Morgan fingerprint density at radius 1 is 0.941 bits per heavy atom. The molecular weight excluding hydrogens is 575 g/mol. The molecule has 0 amide bonds. The van der Waals surface area contributed by atoms with Gasteiger partial charge in [0, 0.05) is 17.7 Å². The molecule has 2 aliphatic heterocycles. The second-order valence-corrected chi connectivity index (χ2v) is 10.5. The zero-order valence-electron chi connectivity index (χ0n) is 18.3. The Kier molecular flexibility index (Phi) is 6.21. The van der Waals surface area contributed by atoms with Gasteiger partial charge in [-0.15, -0.1) is 0 Å². The largest absolute Gasteiger partial charge is 0.497 e. The Labute approximate surface area is 211 Å². The summed E-state index contributed by atoms with van der Waals surface area (Å²) in [6.07, 6.45) is -1.76. The average molecular weight is 596 g/mol. The van der Waals surface area contributed by atoms with Crippen molar-refractivity contribution in [2.75, 3.05) is 20.5 Å². The molecule has 3 aromatic rings. The molecule has 0 bridgehead atoms. The molecule has 0 N–H and O–H groups in total. The van der Waals surface area contributed by atoms with E-state index in [1.54, 1.807) is 37.4 Å². The normalized spacial score (nSPS) is 18.7. The summed E-state index contributed by atoms with van der Waals surface area (Å²) < 4.78 is 61.2. The predicted octanol–water partition coefficient (Wildman–Crippen LogP) is 4.62. The summed E-state index contributed by atoms with van der Waals surface area (Å²) in [7, 11) is -2.52. The first-order valence-electron chi connectivity index (χ1n) is 10.4. The van der Waals surface area contributed by atoms with Gasteiger partial charge in [-0.2, -0.15) is 8.42 Å². The molecule has 2 atom stereocenters. The van der Waals surface area contributed by atoms with E-state index in [2.05, 4.69) is 22.6 Å². The third kappa shape index (κ3) is 4.49. The van der Waals surface area contributed by atoms with Gasteiger partial charge in [0.2, 0.25) is 6.79 Å². The Morgan fingerprint density at radius 3 is 2.41 bits per heavy atom. The summed E-state index contributed by atoms with van der Waals surface area (Å²) >= 11 is 2.15. The molecule has 0 unspecified atom stereocenters. The van der Waals surface area contributed by atoms with E-state index in [1.807, 2.05) is 19.1 Å². The molecule has 0 spiro atoms. The Hall–Kier alpha value is -2.70. The van der Waals surface area contributed by atoms with E-state index in [-0.39, 0.29) is 18.3 Å². The van der Waals surface area contributed by atoms with Gasteiger partial charge in [-0.3, -0.25) is 4.18 Å². The van der Waals surface area contributed by atoms with Crippen LogP contribution >= 0.6 is 22.6 Å². The van der Waals surface area contributed by atoms with E-state index in [0.29, 0.717) is 34.3 Å². The number of hydrogen-bond donors (Lipinski definition) is 0. The maximum atomic E-state index is 13.1. The molecule has 8 nitrogen and oxygen atoms in total.